The standard InChI is InChI=1S/C58H37NS/c1-2-17-45-39(13-1)14-12-24-46(45)41-15-11-16-42(35-41)47-18-7-9-25-56(47)59(44-32-34-54-53-23-8-10-26-57(53)60-58(54)37-44)43-30-27-38(28-31-43)40-29-33-52-50-21-4-3-19-48(50)49-20-5-6-22-51(49)55(52)36-40/h1-37H. The molecule has 2 heteroatoms. The van der Waals surface area contributed by atoms with Gasteiger partial charge in [-0.3, -0.25) is 0 Å². The number of benzene rings is 11. The molecule has 0 bridgehead atoms. The minimum absolute atomic E-state index is 1.11. The average Bonchev–Trinajstić information content (AvgIpc) is 3.70. The van der Waals surface area contributed by atoms with E-state index in [2.05, 4.69) is 229 Å². The van der Waals surface area contributed by atoms with Gasteiger partial charge in [0, 0.05) is 37.1 Å². The van der Waals surface area contributed by atoms with Crippen LogP contribution in [-0.2, 0) is 0 Å². The lowest BCUT2D eigenvalue weighted by atomic mass is 9.92. The third-order valence-corrected chi connectivity index (χ3v) is 13.4. The zero-order chi connectivity index (χ0) is 39.6. The zero-order valence-corrected chi connectivity index (χ0v) is 33.5. The topological polar surface area (TPSA) is 3.24 Å². The van der Waals surface area contributed by atoms with Crippen LogP contribution in [0.25, 0.3) is 96.6 Å². The van der Waals surface area contributed by atoms with Crippen molar-refractivity contribution in [3.8, 4) is 33.4 Å². The average molecular weight is 780 g/mol. The molecule has 0 atom stereocenters. The monoisotopic (exact) mass is 779 g/mol. The normalized spacial score (nSPS) is 11.7. The maximum absolute atomic E-state index is 2.44. The highest BCUT2D eigenvalue weighted by molar-refractivity contribution is 7.25. The molecule has 12 rings (SSSR count). The molecule has 60 heavy (non-hydrogen) atoms. The lowest BCUT2D eigenvalue weighted by Crippen LogP contribution is -2.11. The third-order valence-electron chi connectivity index (χ3n) is 12.2. The quantitative estimate of drug-likeness (QED) is 0.152. The van der Waals surface area contributed by atoms with Gasteiger partial charge in [-0.15, -0.1) is 11.3 Å². The van der Waals surface area contributed by atoms with Crippen molar-refractivity contribution >= 4 is 91.7 Å². The minimum Gasteiger partial charge on any atom is -0.310 e. The summed E-state index contributed by atoms with van der Waals surface area (Å²) in [5, 5.41) is 12.8. The second-order valence-electron chi connectivity index (χ2n) is 15.6. The molecule has 0 unspecified atom stereocenters. The van der Waals surface area contributed by atoms with Crippen molar-refractivity contribution in [2.75, 3.05) is 4.90 Å². The molecule has 0 amide bonds. The largest absolute Gasteiger partial charge is 0.310 e. The first-order valence-corrected chi connectivity index (χ1v) is 21.4. The number of nitrogens with zero attached hydrogens (tertiary/aromatic N) is 1. The SMILES string of the molecule is c1cc(-c2ccccc2N(c2ccc(-c3ccc4c5ccccc5c5ccccc5c4c3)cc2)c2ccc3c(c2)sc2ccccc23)cc(-c2cccc3ccccc23)c1. The number of hydrogen-bond acceptors (Lipinski definition) is 2. The van der Waals surface area contributed by atoms with Crippen molar-refractivity contribution in [3.05, 3.63) is 224 Å². The molecule has 1 heterocycles. The first-order chi connectivity index (χ1) is 29.7. The summed E-state index contributed by atoms with van der Waals surface area (Å²) in [5.41, 5.74) is 10.6. The first kappa shape index (κ1) is 34.5. The Labute approximate surface area is 352 Å². The summed E-state index contributed by atoms with van der Waals surface area (Å²) in [5.74, 6) is 0. The van der Waals surface area contributed by atoms with Gasteiger partial charge in [0.05, 0.1) is 5.69 Å². The Morgan fingerprint density at radius 3 is 1.57 bits per heavy atom. The highest BCUT2D eigenvalue weighted by atomic mass is 32.1. The summed E-state index contributed by atoms with van der Waals surface area (Å²) < 4.78 is 2.59. The Morgan fingerprint density at radius 1 is 0.267 bits per heavy atom. The fraction of sp³-hybridized carbons (Fsp3) is 0. The van der Waals surface area contributed by atoms with Gasteiger partial charge in [0.25, 0.3) is 0 Å². The molecule has 0 saturated carbocycles. The van der Waals surface area contributed by atoms with Crippen LogP contribution < -0.4 is 4.90 Å². The molecule has 0 aliphatic heterocycles. The van der Waals surface area contributed by atoms with Gasteiger partial charge >= 0.3 is 0 Å². The number of rotatable bonds is 6. The summed E-state index contributed by atoms with van der Waals surface area (Å²) in [6, 6.07) is 82.5. The van der Waals surface area contributed by atoms with E-state index in [1.807, 2.05) is 11.3 Å². The highest BCUT2D eigenvalue weighted by Gasteiger charge is 2.20. The molecule has 0 aliphatic rings. The zero-order valence-electron chi connectivity index (χ0n) is 32.7. The summed E-state index contributed by atoms with van der Waals surface area (Å²) >= 11 is 1.86. The Hall–Kier alpha value is -7.52. The maximum Gasteiger partial charge on any atom is 0.0540 e. The summed E-state index contributed by atoms with van der Waals surface area (Å²) in [6.45, 7) is 0. The summed E-state index contributed by atoms with van der Waals surface area (Å²) in [6.07, 6.45) is 0. The van der Waals surface area contributed by atoms with Crippen LogP contribution in [0.4, 0.5) is 17.1 Å². The van der Waals surface area contributed by atoms with E-state index in [-0.39, 0.29) is 0 Å². The van der Waals surface area contributed by atoms with Gasteiger partial charge < -0.3 is 4.90 Å². The number of anilines is 3. The van der Waals surface area contributed by atoms with Gasteiger partial charge in [-0.05, 0) is 119 Å². The van der Waals surface area contributed by atoms with E-state index in [9.17, 15) is 0 Å². The molecule has 280 valence electrons. The second kappa shape index (κ2) is 14.1. The van der Waals surface area contributed by atoms with E-state index in [4.69, 9.17) is 0 Å². The lowest BCUT2D eigenvalue weighted by Gasteiger charge is -2.28. The first-order valence-electron chi connectivity index (χ1n) is 20.6. The van der Waals surface area contributed by atoms with Gasteiger partial charge in [-0.2, -0.15) is 0 Å². The van der Waals surface area contributed by atoms with E-state index < -0.39 is 0 Å². The second-order valence-corrected chi connectivity index (χ2v) is 16.7. The number of para-hydroxylation sites is 1. The summed E-state index contributed by atoms with van der Waals surface area (Å²) in [4.78, 5) is 2.44. The van der Waals surface area contributed by atoms with Crippen molar-refractivity contribution in [3.63, 3.8) is 0 Å². The molecular weight excluding hydrogens is 743 g/mol. The van der Waals surface area contributed by atoms with Crippen LogP contribution in [0.5, 0.6) is 0 Å². The van der Waals surface area contributed by atoms with Crippen molar-refractivity contribution in [2.45, 2.75) is 0 Å². The van der Waals surface area contributed by atoms with Crippen LogP contribution >= 0.6 is 11.3 Å². The Kier molecular flexibility index (Phi) is 8.11. The summed E-state index contributed by atoms with van der Waals surface area (Å²) in [7, 11) is 0. The number of hydrogen-bond donors (Lipinski definition) is 0. The van der Waals surface area contributed by atoms with Crippen molar-refractivity contribution < 1.29 is 0 Å². The van der Waals surface area contributed by atoms with Gasteiger partial charge in [-0.25, -0.2) is 0 Å². The highest BCUT2D eigenvalue weighted by Crippen LogP contribution is 2.45. The van der Waals surface area contributed by atoms with E-state index in [0.29, 0.717) is 0 Å². The van der Waals surface area contributed by atoms with E-state index in [1.165, 1.54) is 96.6 Å². The van der Waals surface area contributed by atoms with Gasteiger partial charge in [0.2, 0.25) is 0 Å². The van der Waals surface area contributed by atoms with Crippen molar-refractivity contribution in [1.29, 1.82) is 0 Å². The predicted octanol–water partition coefficient (Wildman–Crippen LogP) is 17.1. The molecule has 0 fully saturated rings. The molecular formula is C58H37NS. The smallest absolute Gasteiger partial charge is 0.0540 e. The molecule has 11 aromatic carbocycles. The molecule has 0 radical (unpaired) electrons. The predicted molar refractivity (Wildman–Crippen MR) is 260 cm³/mol. The Morgan fingerprint density at radius 2 is 0.783 bits per heavy atom. The molecule has 1 nitrogen and oxygen atoms in total. The van der Waals surface area contributed by atoms with Crippen LogP contribution in [-0.4, -0.2) is 0 Å². The van der Waals surface area contributed by atoms with Crippen molar-refractivity contribution in [1.82, 2.24) is 0 Å². The van der Waals surface area contributed by atoms with Crippen LogP contribution in [0, 0.1) is 0 Å². The van der Waals surface area contributed by atoms with Crippen LogP contribution in [0.15, 0.2) is 224 Å². The van der Waals surface area contributed by atoms with Gasteiger partial charge in [-0.1, -0.05) is 176 Å². The lowest BCUT2D eigenvalue weighted by molar-refractivity contribution is 1.29. The minimum atomic E-state index is 1.11. The maximum atomic E-state index is 2.44. The fourth-order valence-electron chi connectivity index (χ4n) is 9.42. The third kappa shape index (κ3) is 5.68. The number of fused-ring (bicyclic) bond motifs is 10. The van der Waals surface area contributed by atoms with E-state index >= 15 is 0 Å². The Balaban J connectivity index is 1.01. The van der Waals surface area contributed by atoms with Crippen LogP contribution in [0.3, 0.4) is 0 Å². The molecule has 0 aliphatic carbocycles. The van der Waals surface area contributed by atoms with Crippen molar-refractivity contribution in [2.24, 2.45) is 0 Å². The molecule has 12 aromatic rings. The fourth-order valence-corrected chi connectivity index (χ4v) is 10.6. The van der Waals surface area contributed by atoms with Gasteiger partial charge in [0.15, 0.2) is 0 Å². The molecule has 0 spiro atoms. The van der Waals surface area contributed by atoms with E-state index in [0.717, 1.165) is 17.1 Å². The molecule has 0 N–H and O–H groups in total. The molecule has 0 saturated heterocycles. The Bertz CT molecular complexity index is 3570. The molecule has 1 aromatic heterocycles. The van der Waals surface area contributed by atoms with Crippen LogP contribution in [0.1, 0.15) is 0 Å². The number of thiophene rings is 1. The van der Waals surface area contributed by atoms with Crippen LogP contribution in [0.2, 0.25) is 0 Å². The van der Waals surface area contributed by atoms with Gasteiger partial charge in [0.1, 0.15) is 0 Å². The van der Waals surface area contributed by atoms with E-state index in [1.54, 1.807) is 0 Å².